The molecule has 5 rings (SSSR count). The van der Waals surface area contributed by atoms with Gasteiger partial charge in [0.2, 0.25) is 13.6 Å². The maximum absolute atomic E-state index is 13.3. The van der Waals surface area contributed by atoms with E-state index >= 15 is 0 Å². The lowest BCUT2D eigenvalue weighted by Gasteiger charge is -2.32. The number of benzene rings is 2. The van der Waals surface area contributed by atoms with Crippen molar-refractivity contribution in [2.75, 3.05) is 26.7 Å². The van der Waals surface area contributed by atoms with E-state index in [-0.39, 0.29) is 19.4 Å². The summed E-state index contributed by atoms with van der Waals surface area (Å²) in [5.41, 5.74) is 3.38. The van der Waals surface area contributed by atoms with Crippen molar-refractivity contribution in [3.05, 3.63) is 58.7 Å². The Kier molecular flexibility index (Phi) is 4.71. The summed E-state index contributed by atoms with van der Waals surface area (Å²) >= 11 is 0. The molecule has 0 amide bonds. The van der Waals surface area contributed by atoms with E-state index in [4.69, 9.17) is 18.9 Å². The fourth-order valence-corrected chi connectivity index (χ4v) is 3.84. The molecule has 2 aromatic rings. The first-order valence-corrected chi connectivity index (χ1v) is 10.1. The molecule has 30 heavy (non-hydrogen) atoms. The summed E-state index contributed by atoms with van der Waals surface area (Å²) in [7, 11) is 0. The smallest absolute Gasteiger partial charge is 0.231 e. The highest BCUT2D eigenvalue weighted by molar-refractivity contribution is 6.14. The number of likely N-dealkylation sites (tertiary alicyclic amines) is 1. The number of hydrogen-bond acceptors (Lipinski definition) is 6. The Bertz CT molecular complexity index is 990. The number of rotatable bonds is 3. The second kappa shape index (κ2) is 7.54. The van der Waals surface area contributed by atoms with Crippen LogP contribution in [0.25, 0.3) is 12.2 Å². The second-order valence-electron chi connectivity index (χ2n) is 7.89. The summed E-state index contributed by atoms with van der Waals surface area (Å²) in [6.45, 7) is 5.99. The van der Waals surface area contributed by atoms with E-state index in [1.807, 2.05) is 48.6 Å². The predicted octanol–water partition coefficient (Wildman–Crippen LogP) is 3.90. The van der Waals surface area contributed by atoms with E-state index in [1.165, 1.54) is 0 Å². The molecule has 0 spiro atoms. The van der Waals surface area contributed by atoms with Crippen molar-refractivity contribution in [1.82, 2.24) is 4.90 Å². The molecule has 3 aliphatic rings. The number of nitrogens with zero attached hydrogens (tertiary/aromatic N) is 1. The van der Waals surface area contributed by atoms with Gasteiger partial charge >= 0.3 is 0 Å². The fraction of sp³-hybridized carbons (Fsp3) is 0.292. The summed E-state index contributed by atoms with van der Waals surface area (Å²) in [6.07, 6.45) is 3.90. The Hall–Kier alpha value is -3.25. The molecule has 3 aliphatic heterocycles. The molecule has 3 heterocycles. The normalized spacial score (nSPS) is 20.6. The molecule has 1 saturated heterocycles. The Balaban J connectivity index is 1.48. The van der Waals surface area contributed by atoms with Crippen LogP contribution < -0.4 is 18.9 Å². The summed E-state index contributed by atoms with van der Waals surface area (Å²) < 4.78 is 21.7. The number of fused-ring (bicyclic) bond motifs is 2. The van der Waals surface area contributed by atoms with Gasteiger partial charge in [-0.05, 0) is 61.4 Å². The molecular weight excluding hydrogens is 382 g/mol. The van der Waals surface area contributed by atoms with Crippen molar-refractivity contribution >= 4 is 17.9 Å². The van der Waals surface area contributed by atoms with E-state index < -0.39 is 0 Å². The zero-order valence-electron chi connectivity index (χ0n) is 17.0. The van der Waals surface area contributed by atoms with Crippen LogP contribution in [0.4, 0.5) is 0 Å². The van der Waals surface area contributed by atoms with E-state index in [0.717, 1.165) is 33.8 Å². The molecule has 0 unspecified atom stereocenters. The summed E-state index contributed by atoms with van der Waals surface area (Å²) in [5, 5.41) is 0. The first kappa shape index (κ1) is 18.8. The minimum Gasteiger partial charge on any atom is -0.454 e. The van der Waals surface area contributed by atoms with Crippen molar-refractivity contribution in [3.63, 3.8) is 0 Å². The number of piperidine rings is 1. The van der Waals surface area contributed by atoms with Crippen LogP contribution in [0.15, 0.2) is 47.5 Å². The molecule has 0 bridgehead atoms. The van der Waals surface area contributed by atoms with Gasteiger partial charge in [0.25, 0.3) is 0 Å². The summed E-state index contributed by atoms with van der Waals surface area (Å²) in [6, 6.07) is 11.8. The lowest BCUT2D eigenvalue weighted by molar-refractivity contribution is -0.113. The molecule has 0 radical (unpaired) electrons. The van der Waals surface area contributed by atoms with Gasteiger partial charge in [0.15, 0.2) is 28.8 Å². The second-order valence-corrected chi connectivity index (χ2v) is 7.89. The van der Waals surface area contributed by atoms with Gasteiger partial charge in [-0.25, -0.2) is 0 Å². The van der Waals surface area contributed by atoms with E-state index in [0.29, 0.717) is 30.6 Å². The fourth-order valence-electron chi connectivity index (χ4n) is 3.84. The van der Waals surface area contributed by atoms with Crippen LogP contribution in [0.1, 0.15) is 25.0 Å². The predicted molar refractivity (Wildman–Crippen MR) is 113 cm³/mol. The highest BCUT2D eigenvalue weighted by Gasteiger charge is 2.28. The van der Waals surface area contributed by atoms with Crippen molar-refractivity contribution in [3.8, 4) is 23.0 Å². The minimum atomic E-state index is 0.0715. The number of hydrogen-bond donors (Lipinski definition) is 0. The van der Waals surface area contributed by atoms with Crippen LogP contribution in [0, 0.1) is 0 Å². The first-order chi connectivity index (χ1) is 14.6. The number of ether oxygens (including phenoxy) is 4. The van der Waals surface area contributed by atoms with Gasteiger partial charge in [-0.2, -0.15) is 0 Å². The van der Waals surface area contributed by atoms with Gasteiger partial charge in [-0.1, -0.05) is 12.1 Å². The first-order valence-electron chi connectivity index (χ1n) is 10.1. The van der Waals surface area contributed by atoms with E-state index in [1.54, 1.807) is 0 Å². The molecule has 154 valence electrons. The van der Waals surface area contributed by atoms with Gasteiger partial charge in [0, 0.05) is 30.3 Å². The number of carbonyl (C=O) groups is 1. The van der Waals surface area contributed by atoms with Gasteiger partial charge in [0.05, 0.1) is 0 Å². The summed E-state index contributed by atoms with van der Waals surface area (Å²) in [4.78, 5) is 15.6. The van der Waals surface area contributed by atoms with Crippen LogP contribution in [0.3, 0.4) is 0 Å². The quantitative estimate of drug-likeness (QED) is 0.722. The SMILES string of the molecule is CC(C)N1CC(=Cc2ccc3c(c2)OCO3)C(=O)C(=Cc2ccc3c(c2)OCO3)C1. The maximum Gasteiger partial charge on any atom is 0.231 e. The van der Waals surface area contributed by atoms with Crippen LogP contribution in [0.2, 0.25) is 0 Å². The topological polar surface area (TPSA) is 57.2 Å². The Labute approximate surface area is 175 Å². The van der Waals surface area contributed by atoms with Crippen molar-refractivity contribution in [2.45, 2.75) is 19.9 Å². The third-order valence-corrected chi connectivity index (χ3v) is 5.54. The van der Waals surface area contributed by atoms with E-state index in [9.17, 15) is 4.79 Å². The maximum atomic E-state index is 13.3. The van der Waals surface area contributed by atoms with Crippen LogP contribution in [0.5, 0.6) is 23.0 Å². The molecule has 0 aromatic heterocycles. The Morgan fingerprint density at radius 3 is 1.70 bits per heavy atom. The zero-order valence-corrected chi connectivity index (χ0v) is 17.0. The third kappa shape index (κ3) is 3.55. The van der Waals surface area contributed by atoms with Gasteiger partial charge < -0.3 is 18.9 Å². The van der Waals surface area contributed by atoms with Crippen LogP contribution >= 0.6 is 0 Å². The standard InChI is InChI=1S/C24H23NO5/c1-15(2)25-11-18(7-16-3-5-20-22(9-16)29-13-27-20)24(26)19(12-25)8-17-4-6-21-23(10-17)30-14-28-21/h3-10,15H,11-14H2,1-2H3. The van der Waals surface area contributed by atoms with Crippen molar-refractivity contribution < 1.29 is 23.7 Å². The third-order valence-electron chi connectivity index (χ3n) is 5.54. The van der Waals surface area contributed by atoms with Crippen LogP contribution in [-0.2, 0) is 4.79 Å². The van der Waals surface area contributed by atoms with Gasteiger partial charge in [0.1, 0.15) is 0 Å². The molecule has 0 saturated carbocycles. The van der Waals surface area contributed by atoms with E-state index in [2.05, 4.69) is 18.7 Å². The average molecular weight is 405 g/mol. The minimum absolute atomic E-state index is 0.0715. The summed E-state index contributed by atoms with van der Waals surface area (Å²) in [5.74, 6) is 2.97. The van der Waals surface area contributed by atoms with Crippen molar-refractivity contribution in [1.29, 1.82) is 0 Å². The highest BCUT2D eigenvalue weighted by atomic mass is 16.7. The van der Waals surface area contributed by atoms with Gasteiger partial charge in [-0.15, -0.1) is 0 Å². The Morgan fingerprint density at radius 1 is 0.767 bits per heavy atom. The lowest BCUT2D eigenvalue weighted by Crippen LogP contribution is -2.41. The number of Topliss-reactive ketones (excluding diaryl/α,β-unsaturated/α-hetero) is 1. The molecule has 2 aromatic carbocycles. The molecule has 6 nitrogen and oxygen atoms in total. The van der Waals surface area contributed by atoms with Crippen LogP contribution in [-0.4, -0.2) is 43.4 Å². The molecule has 0 aliphatic carbocycles. The number of carbonyl (C=O) groups excluding carboxylic acids is 1. The largest absolute Gasteiger partial charge is 0.454 e. The van der Waals surface area contributed by atoms with Crippen molar-refractivity contribution in [2.24, 2.45) is 0 Å². The molecule has 0 atom stereocenters. The molecular formula is C24H23NO5. The highest BCUT2D eigenvalue weighted by Crippen LogP contribution is 2.35. The molecule has 0 N–H and O–H groups in total. The zero-order chi connectivity index (χ0) is 20.7. The monoisotopic (exact) mass is 405 g/mol. The molecule has 1 fully saturated rings. The van der Waals surface area contributed by atoms with Gasteiger partial charge in [-0.3, -0.25) is 9.69 Å². The lowest BCUT2D eigenvalue weighted by atomic mass is 9.93. The average Bonchev–Trinajstić information content (AvgIpc) is 3.39. The Morgan fingerprint density at radius 2 is 1.23 bits per heavy atom. The molecule has 6 heteroatoms. The number of ketones is 1.